The second kappa shape index (κ2) is 7.44. The van der Waals surface area contributed by atoms with Gasteiger partial charge in [-0.2, -0.15) is 0 Å². The monoisotopic (exact) mass is 396 g/mol. The molecule has 29 heavy (non-hydrogen) atoms. The van der Waals surface area contributed by atoms with Crippen molar-refractivity contribution < 1.29 is 19.1 Å². The van der Waals surface area contributed by atoms with E-state index in [1.54, 1.807) is 25.4 Å². The SMILES string of the molecule is CCC[C@]1(C)OCc2cnc(C(=O)NC3COc4ccccc4N(C)C3=O)nc21. The summed E-state index contributed by atoms with van der Waals surface area (Å²) in [5, 5.41) is 2.72. The average molecular weight is 396 g/mol. The number of carbonyl (C=O) groups is 2. The number of hydrogen-bond donors (Lipinski definition) is 1. The van der Waals surface area contributed by atoms with Gasteiger partial charge in [0.15, 0.2) is 0 Å². The zero-order chi connectivity index (χ0) is 20.6. The van der Waals surface area contributed by atoms with E-state index in [4.69, 9.17) is 9.47 Å². The van der Waals surface area contributed by atoms with Gasteiger partial charge < -0.3 is 19.7 Å². The molecule has 2 aliphatic rings. The number of hydrogen-bond acceptors (Lipinski definition) is 6. The maximum absolute atomic E-state index is 12.8. The summed E-state index contributed by atoms with van der Waals surface area (Å²) in [6.45, 7) is 4.53. The number of benzene rings is 1. The van der Waals surface area contributed by atoms with Crippen molar-refractivity contribution in [2.24, 2.45) is 0 Å². The third kappa shape index (κ3) is 3.44. The molecular weight excluding hydrogens is 372 g/mol. The Bertz CT molecular complexity index is 959. The first-order valence-electron chi connectivity index (χ1n) is 9.73. The van der Waals surface area contributed by atoms with Crippen molar-refractivity contribution in [1.29, 1.82) is 0 Å². The number of nitrogens with zero attached hydrogens (tertiary/aromatic N) is 3. The van der Waals surface area contributed by atoms with Gasteiger partial charge in [0.25, 0.3) is 11.8 Å². The Morgan fingerprint density at radius 2 is 2.17 bits per heavy atom. The highest BCUT2D eigenvalue weighted by atomic mass is 16.5. The van der Waals surface area contributed by atoms with E-state index in [1.165, 1.54) is 4.90 Å². The lowest BCUT2D eigenvalue weighted by atomic mass is 9.95. The normalized spacial score (nSPS) is 23.1. The van der Waals surface area contributed by atoms with Gasteiger partial charge in [-0.3, -0.25) is 9.59 Å². The van der Waals surface area contributed by atoms with E-state index < -0.39 is 17.6 Å². The number of likely N-dealkylation sites (N-methyl/N-ethyl adjacent to an activating group) is 1. The zero-order valence-electron chi connectivity index (χ0n) is 16.8. The molecule has 0 saturated heterocycles. The molecular formula is C21H24N4O4. The predicted octanol–water partition coefficient (Wildman–Crippen LogP) is 2.18. The number of ether oxygens (including phenoxy) is 2. The third-order valence-electron chi connectivity index (χ3n) is 5.41. The van der Waals surface area contributed by atoms with Gasteiger partial charge in [0.05, 0.1) is 18.0 Å². The van der Waals surface area contributed by atoms with Crippen LogP contribution in [0.15, 0.2) is 30.5 Å². The van der Waals surface area contributed by atoms with E-state index >= 15 is 0 Å². The number of rotatable bonds is 4. The van der Waals surface area contributed by atoms with Gasteiger partial charge in [-0.05, 0) is 25.5 Å². The molecule has 152 valence electrons. The Morgan fingerprint density at radius 1 is 1.38 bits per heavy atom. The molecule has 2 aliphatic heterocycles. The fraction of sp³-hybridized carbons (Fsp3) is 0.429. The van der Waals surface area contributed by atoms with Crippen LogP contribution in [0.4, 0.5) is 5.69 Å². The fourth-order valence-corrected chi connectivity index (χ4v) is 3.83. The van der Waals surface area contributed by atoms with Gasteiger partial charge in [0.2, 0.25) is 5.82 Å². The number of nitrogens with one attached hydrogen (secondary N) is 1. The van der Waals surface area contributed by atoms with Gasteiger partial charge in [-0.25, -0.2) is 9.97 Å². The number of amides is 2. The van der Waals surface area contributed by atoms with Crippen molar-refractivity contribution in [2.45, 2.75) is 44.9 Å². The lowest BCUT2D eigenvalue weighted by molar-refractivity contribution is -0.120. The van der Waals surface area contributed by atoms with Gasteiger partial charge in [0, 0.05) is 18.8 Å². The first kappa shape index (κ1) is 19.3. The molecule has 0 fully saturated rings. The Morgan fingerprint density at radius 3 is 2.97 bits per heavy atom. The smallest absolute Gasteiger partial charge is 0.289 e. The molecule has 0 bridgehead atoms. The molecule has 8 nitrogen and oxygen atoms in total. The van der Waals surface area contributed by atoms with Crippen LogP contribution in [-0.4, -0.2) is 41.5 Å². The van der Waals surface area contributed by atoms with E-state index in [9.17, 15) is 9.59 Å². The summed E-state index contributed by atoms with van der Waals surface area (Å²) in [5.74, 6) is -0.154. The van der Waals surface area contributed by atoms with Crippen molar-refractivity contribution in [2.75, 3.05) is 18.6 Å². The van der Waals surface area contributed by atoms with Crippen molar-refractivity contribution >= 4 is 17.5 Å². The minimum Gasteiger partial charge on any atom is -0.489 e. The van der Waals surface area contributed by atoms with Crippen LogP contribution in [0, 0.1) is 0 Å². The first-order valence-corrected chi connectivity index (χ1v) is 9.73. The number of carbonyl (C=O) groups excluding carboxylic acids is 2. The standard InChI is InChI=1S/C21H24N4O4/c1-4-9-21(2)17-13(11-29-21)10-22-18(24-17)19(26)23-14-12-28-16-8-6-5-7-15(16)25(3)20(14)27/h5-8,10,14H,4,9,11-12H2,1-3H3,(H,23,26)/t14?,21-/m0/s1. The molecule has 3 heterocycles. The number of anilines is 1. The maximum atomic E-state index is 12.8. The second-order valence-electron chi connectivity index (χ2n) is 7.54. The quantitative estimate of drug-likeness (QED) is 0.851. The highest BCUT2D eigenvalue weighted by Crippen LogP contribution is 2.38. The lowest BCUT2D eigenvalue weighted by Gasteiger charge is -2.23. The summed E-state index contributed by atoms with van der Waals surface area (Å²) in [7, 11) is 1.66. The summed E-state index contributed by atoms with van der Waals surface area (Å²) in [5.41, 5.74) is 1.77. The third-order valence-corrected chi connectivity index (χ3v) is 5.41. The molecule has 0 spiro atoms. The van der Waals surface area contributed by atoms with E-state index in [1.807, 2.05) is 19.1 Å². The minimum atomic E-state index is -0.838. The van der Waals surface area contributed by atoms with E-state index in [0.29, 0.717) is 18.0 Å². The summed E-state index contributed by atoms with van der Waals surface area (Å²) < 4.78 is 11.6. The van der Waals surface area contributed by atoms with Gasteiger partial charge in [0.1, 0.15) is 24.0 Å². The molecule has 0 aliphatic carbocycles. The van der Waals surface area contributed by atoms with Crippen LogP contribution in [0.5, 0.6) is 5.75 Å². The average Bonchev–Trinajstić information content (AvgIpc) is 3.00. The molecule has 1 N–H and O–H groups in total. The highest BCUT2D eigenvalue weighted by molar-refractivity contribution is 6.02. The van der Waals surface area contributed by atoms with Gasteiger partial charge in [-0.1, -0.05) is 25.5 Å². The second-order valence-corrected chi connectivity index (χ2v) is 7.54. The summed E-state index contributed by atoms with van der Waals surface area (Å²) in [6.07, 6.45) is 3.36. The first-order chi connectivity index (χ1) is 13.9. The van der Waals surface area contributed by atoms with Crippen LogP contribution < -0.4 is 15.0 Å². The molecule has 2 amide bonds. The fourth-order valence-electron chi connectivity index (χ4n) is 3.83. The summed E-state index contributed by atoms with van der Waals surface area (Å²) in [6, 6.07) is 6.43. The number of aromatic nitrogens is 2. The summed E-state index contributed by atoms with van der Waals surface area (Å²) in [4.78, 5) is 35.8. The van der Waals surface area contributed by atoms with Crippen molar-refractivity contribution in [3.8, 4) is 5.75 Å². The molecule has 2 atom stereocenters. The van der Waals surface area contributed by atoms with Crippen LogP contribution in [0.1, 0.15) is 48.6 Å². The lowest BCUT2D eigenvalue weighted by Crippen LogP contribution is -2.49. The molecule has 8 heteroatoms. The molecule has 0 radical (unpaired) electrons. The van der Waals surface area contributed by atoms with Gasteiger partial charge in [-0.15, -0.1) is 0 Å². The van der Waals surface area contributed by atoms with E-state index in [-0.39, 0.29) is 18.3 Å². The zero-order valence-corrected chi connectivity index (χ0v) is 16.8. The van der Waals surface area contributed by atoms with Crippen LogP contribution in [-0.2, 0) is 21.7 Å². The maximum Gasteiger partial charge on any atom is 0.289 e. The van der Waals surface area contributed by atoms with Crippen molar-refractivity contribution in [3.63, 3.8) is 0 Å². The largest absolute Gasteiger partial charge is 0.489 e. The molecule has 2 aromatic rings. The van der Waals surface area contributed by atoms with E-state index in [2.05, 4.69) is 22.2 Å². The number of fused-ring (bicyclic) bond motifs is 2. The highest BCUT2D eigenvalue weighted by Gasteiger charge is 2.38. The van der Waals surface area contributed by atoms with Crippen LogP contribution >= 0.6 is 0 Å². The molecule has 0 saturated carbocycles. The Balaban J connectivity index is 1.54. The van der Waals surface area contributed by atoms with E-state index in [0.717, 1.165) is 24.1 Å². The predicted molar refractivity (Wildman–Crippen MR) is 106 cm³/mol. The van der Waals surface area contributed by atoms with Gasteiger partial charge >= 0.3 is 0 Å². The van der Waals surface area contributed by atoms with Crippen LogP contribution in [0.3, 0.4) is 0 Å². The topological polar surface area (TPSA) is 93.7 Å². The minimum absolute atomic E-state index is 0.0220. The van der Waals surface area contributed by atoms with Crippen LogP contribution in [0.2, 0.25) is 0 Å². The molecule has 1 aromatic heterocycles. The van der Waals surface area contributed by atoms with Crippen LogP contribution in [0.25, 0.3) is 0 Å². The number of para-hydroxylation sites is 2. The molecule has 4 rings (SSSR count). The molecule has 1 aromatic carbocycles. The molecule has 1 unspecified atom stereocenters. The van der Waals surface area contributed by atoms with Crippen molar-refractivity contribution in [3.05, 3.63) is 47.5 Å². The Kier molecular flexibility index (Phi) is 4.96. The van der Waals surface area contributed by atoms with Crippen molar-refractivity contribution in [1.82, 2.24) is 15.3 Å². The summed E-state index contributed by atoms with van der Waals surface area (Å²) >= 11 is 0. The Labute approximate surface area is 169 Å². The Hall–Kier alpha value is -3.00.